The van der Waals surface area contributed by atoms with Crippen LogP contribution in [-0.2, 0) is 16.8 Å². The van der Waals surface area contributed by atoms with Gasteiger partial charge in [0.1, 0.15) is 0 Å². The van der Waals surface area contributed by atoms with Crippen molar-refractivity contribution in [3.8, 4) is 0 Å². The van der Waals surface area contributed by atoms with Crippen molar-refractivity contribution in [1.29, 1.82) is 0 Å². The molecule has 0 atom stereocenters. The number of ether oxygens (including phenoxy) is 1. The van der Waals surface area contributed by atoms with E-state index >= 15 is 0 Å². The molecule has 0 aliphatic heterocycles. The van der Waals surface area contributed by atoms with Gasteiger partial charge in [0.05, 0.1) is 18.8 Å². The van der Waals surface area contributed by atoms with E-state index in [2.05, 4.69) is 0 Å². The number of rotatable bonds is 3. The molecule has 0 radical (unpaired) electrons. The van der Waals surface area contributed by atoms with Gasteiger partial charge in [0.15, 0.2) is 0 Å². The normalized spacial score (nSPS) is 11.6. The lowest BCUT2D eigenvalue weighted by Crippen LogP contribution is -2.17. The molecule has 1 heterocycles. The third-order valence-electron chi connectivity index (χ3n) is 2.20. The first-order valence-electron chi connectivity index (χ1n) is 5.30. The Morgan fingerprint density at radius 1 is 1.50 bits per heavy atom. The molecular formula is C12H18O3S. The zero-order valence-electron chi connectivity index (χ0n) is 10.2. The molecule has 1 rings (SSSR count). The van der Waals surface area contributed by atoms with Gasteiger partial charge in [-0.15, -0.1) is 11.3 Å². The molecule has 0 bridgehead atoms. The summed E-state index contributed by atoms with van der Waals surface area (Å²) >= 11 is 1.50. The highest BCUT2D eigenvalue weighted by atomic mass is 32.1. The summed E-state index contributed by atoms with van der Waals surface area (Å²) in [5.41, 5.74) is 1.09. The first-order chi connectivity index (χ1) is 7.41. The van der Waals surface area contributed by atoms with E-state index in [4.69, 9.17) is 4.74 Å². The number of thiophene rings is 1. The Balaban J connectivity index is 3.21. The van der Waals surface area contributed by atoms with Crippen molar-refractivity contribution in [3.63, 3.8) is 0 Å². The van der Waals surface area contributed by atoms with Crippen LogP contribution >= 0.6 is 11.3 Å². The van der Waals surface area contributed by atoms with Crippen LogP contribution in [0.15, 0.2) is 5.38 Å². The van der Waals surface area contributed by atoms with Crippen LogP contribution in [0.5, 0.6) is 0 Å². The number of aliphatic hydroxyl groups excluding tert-OH is 1. The summed E-state index contributed by atoms with van der Waals surface area (Å²) in [5.74, 6) is -0.335. The van der Waals surface area contributed by atoms with Crippen LogP contribution in [0.4, 0.5) is 0 Å². The Morgan fingerprint density at radius 3 is 2.56 bits per heavy atom. The van der Waals surface area contributed by atoms with Crippen molar-refractivity contribution in [3.05, 3.63) is 21.4 Å². The second kappa shape index (κ2) is 4.97. The van der Waals surface area contributed by atoms with Crippen molar-refractivity contribution >= 4 is 17.3 Å². The zero-order valence-corrected chi connectivity index (χ0v) is 11.0. The van der Waals surface area contributed by atoms with Crippen LogP contribution in [0.1, 0.15) is 48.5 Å². The highest BCUT2D eigenvalue weighted by molar-refractivity contribution is 7.10. The topological polar surface area (TPSA) is 46.5 Å². The lowest BCUT2D eigenvalue weighted by Gasteiger charge is -2.18. The molecule has 0 aliphatic rings. The van der Waals surface area contributed by atoms with Crippen molar-refractivity contribution < 1.29 is 14.6 Å². The maximum atomic E-state index is 11.8. The fraction of sp³-hybridized carbons (Fsp3) is 0.583. The Hall–Kier alpha value is -0.870. The minimum Gasteiger partial charge on any atom is -0.462 e. The Kier molecular flexibility index (Phi) is 4.10. The first kappa shape index (κ1) is 13.2. The van der Waals surface area contributed by atoms with Crippen molar-refractivity contribution in [2.24, 2.45) is 0 Å². The van der Waals surface area contributed by atoms with E-state index in [0.717, 1.165) is 4.88 Å². The smallest absolute Gasteiger partial charge is 0.339 e. The molecule has 0 fully saturated rings. The van der Waals surface area contributed by atoms with Crippen LogP contribution in [0.25, 0.3) is 0 Å². The van der Waals surface area contributed by atoms with Crippen LogP contribution in [0, 0.1) is 0 Å². The first-order valence-corrected chi connectivity index (χ1v) is 6.18. The maximum absolute atomic E-state index is 11.8. The van der Waals surface area contributed by atoms with E-state index in [-0.39, 0.29) is 18.0 Å². The monoisotopic (exact) mass is 242 g/mol. The van der Waals surface area contributed by atoms with E-state index < -0.39 is 0 Å². The quantitative estimate of drug-likeness (QED) is 0.829. The van der Waals surface area contributed by atoms with Crippen LogP contribution < -0.4 is 0 Å². The average Bonchev–Trinajstić information content (AvgIpc) is 2.60. The Bertz CT molecular complexity index is 374. The SMILES string of the molecule is CCOC(=O)c1c(CO)csc1C(C)(C)C. The molecule has 0 unspecified atom stereocenters. The molecule has 90 valence electrons. The van der Waals surface area contributed by atoms with Gasteiger partial charge in [0, 0.05) is 10.4 Å². The minimum absolute atomic E-state index is 0.111. The molecule has 0 saturated heterocycles. The van der Waals surface area contributed by atoms with Gasteiger partial charge in [0.2, 0.25) is 0 Å². The molecule has 1 aromatic rings. The third-order valence-corrected chi connectivity index (χ3v) is 3.65. The standard InChI is InChI=1S/C12H18O3S/c1-5-15-11(14)9-8(6-13)7-16-10(9)12(2,3)4/h7,13H,5-6H2,1-4H3. The predicted molar refractivity (Wildman–Crippen MR) is 64.9 cm³/mol. The van der Waals surface area contributed by atoms with E-state index in [1.54, 1.807) is 6.92 Å². The lowest BCUT2D eigenvalue weighted by molar-refractivity contribution is 0.0521. The largest absolute Gasteiger partial charge is 0.462 e. The summed E-state index contributed by atoms with van der Waals surface area (Å²) < 4.78 is 5.02. The number of aliphatic hydroxyl groups is 1. The van der Waals surface area contributed by atoms with Gasteiger partial charge in [0.25, 0.3) is 0 Å². The lowest BCUT2D eigenvalue weighted by atomic mass is 9.90. The maximum Gasteiger partial charge on any atom is 0.339 e. The van der Waals surface area contributed by atoms with Crippen molar-refractivity contribution in [1.82, 2.24) is 0 Å². The molecule has 16 heavy (non-hydrogen) atoms. The average molecular weight is 242 g/mol. The molecule has 3 nitrogen and oxygen atoms in total. The molecule has 0 amide bonds. The molecule has 1 N–H and O–H groups in total. The molecular weight excluding hydrogens is 224 g/mol. The van der Waals surface area contributed by atoms with E-state index in [9.17, 15) is 9.90 Å². The number of carbonyl (C=O) groups is 1. The summed E-state index contributed by atoms with van der Waals surface area (Å²) in [5, 5.41) is 11.0. The molecule has 1 aromatic heterocycles. The summed E-state index contributed by atoms with van der Waals surface area (Å²) in [4.78, 5) is 12.8. The van der Waals surface area contributed by atoms with Crippen LogP contribution in [-0.4, -0.2) is 17.7 Å². The van der Waals surface area contributed by atoms with Gasteiger partial charge in [-0.05, 0) is 17.7 Å². The van der Waals surface area contributed by atoms with E-state index in [1.165, 1.54) is 11.3 Å². The van der Waals surface area contributed by atoms with E-state index in [0.29, 0.717) is 17.7 Å². The molecule has 0 aliphatic carbocycles. The van der Waals surface area contributed by atoms with Gasteiger partial charge < -0.3 is 9.84 Å². The summed E-state index contributed by atoms with van der Waals surface area (Å²) in [7, 11) is 0. The Morgan fingerprint density at radius 2 is 2.12 bits per heavy atom. The van der Waals surface area contributed by atoms with Crippen molar-refractivity contribution in [2.75, 3.05) is 6.61 Å². The van der Waals surface area contributed by atoms with Gasteiger partial charge in [-0.1, -0.05) is 20.8 Å². The number of hydrogen-bond acceptors (Lipinski definition) is 4. The minimum atomic E-state index is -0.335. The van der Waals surface area contributed by atoms with Crippen molar-refractivity contribution in [2.45, 2.75) is 39.7 Å². The van der Waals surface area contributed by atoms with Gasteiger partial charge >= 0.3 is 5.97 Å². The summed E-state index contributed by atoms with van der Waals surface area (Å²) in [6.07, 6.45) is 0. The number of carbonyl (C=O) groups excluding carboxylic acids is 1. The van der Waals surface area contributed by atoms with Crippen LogP contribution in [0.3, 0.4) is 0 Å². The second-order valence-electron chi connectivity index (χ2n) is 4.59. The highest BCUT2D eigenvalue weighted by Gasteiger charge is 2.27. The fourth-order valence-corrected chi connectivity index (χ4v) is 2.63. The number of hydrogen-bond donors (Lipinski definition) is 1. The number of esters is 1. The van der Waals surface area contributed by atoms with Gasteiger partial charge in [-0.2, -0.15) is 0 Å². The van der Waals surface area contributed by atoms with Crippen LogP contribution in [0.2, 0.25) is 0 Å². The predicted octanol–water partition coefficient (Wildman–Crippen LogP) is 2.71. The molecule has 0 aromatic carbocycles. The third kappa shape index (κ3) is 2.62. The summed E-state index contributed by atoms with van der Waals surface area (Å²) in [6, 6.07) is 0. The summed E-state index contributed by atoms with van der Waals surface area (Å²) in [6.45, 7) is 8.14. The zero-order chi connectivity index (χ0) is 12.3. The molecule has 0 spiro atoms. The van der Waals surface area contributed by atoms with Gasteiger partial charge in [-0.3, -0.25) is 0 Å². The fourth-order valence-electron chi connectivity index (χ4n) is 1.49. The molecule has 0 saturated carbocycles. The highest BCUT2D eigenvalue weighted by Crippen LogP contribution is 2.34. The van der Waals surface area contributed by atoms with E-state index in [1.807, 2.05) is 26.2 Å². The Labute approximate surface area is 100 Å². The van der Waals surface area contributed by atoms with Gasteiger partial charge in [-0.25, -0.2) is 4.79 Å². The second-order valence-corrected chi connectivity index (χ2v) is 5.47. The molecule has 4 heteroatoms.